The van der Waals surface area contributed by atoms with Crippen molar-refractivity contribution in [2.45, 2.75) is 39.2 Å². The van der Waals surface area contributed by atoms with E-state index < -0.39 is 17.4 Å². The van der Waals surface area contributed by atoms with Gasteiger partial charge in [0.2, 0.25) is 0 Å². The number of hydrogen-bond acceptors (Lipinski definition) is 6. The van der Waals surface area contributed by atoms with Gasteiger partial charge in [-0.15, -0.1) is 17.8 Å². The van der Waals surface area contributed by atoms with Gasteiger partial charge in [-0.25, -0.2) is 9.78 Å². The Morgan fingerprint density at radius 1 is 1.40 bits per heavy atom. The highest BCUT2D eigenvalue weighted by Crippen LogP contribution is 2.29. The van der Waals surface area contributed by atoms with Crippen molar-refractivity contribution in [2.75, 3.05) is 6.61 Å². The number of ether oxygens (including phenoxy) is 1. The van der Waals surface area contributed by atoms with E-state index in [2.05, 4.69) is 16.2 Å². The first-order valence-corrected chi connectivity index (χ1v) is 9.66. The molecule has 0 saturated carbocycles. The van der Waals surface area contributed by atoms with Crippen LogP contribution in [0.5, 0.6) is 0 Å². The smallest absolute Gasteiger partial charge is 0.350 e. The van der Waals surface area contributed by atoms with E-state index in [1.165, 1.54) is 11.3 Å². The zero-order chi connectivity index (χ0) is 18.4. The summed E-state index contributed by atoms with van der Waals surface area (Å²) in [6, 6.07) is 1.94. The summed E-state index contributed by atoms with van der Waals surface area (Å²) >= 11 is 2.83. The van der Waals surface area contributed by atoms with E-state index >= 15 is 0 Å². The van der Waals surface area contributed by atoms with Crippen LogP contribution in [0.4, 0.5) is 0 Å². The number of thiophene rings is 1. The molecular formula is C18H20N2O3S2. The van der Waals surface area contributed by atoms with Crippen LogP contribution in [0.25, 0.3) is 10.6 Å². The van der Waals surface area contributed by atoms with Crippen molar-refractivity contribution in [1.29, 1.82) is 0 Å². The van der Waals surface area contributed by atoms with E-state index in [0.717, 1.165) is 10.6 Å². The lowest BCUT2D eigenvalue weighted by atomic mass is 9.94. The van der Waals surface area contributed by atoms with Crippen LogP contribution >= 0.6 is 22.7 Å². The second-order valence-electron chi connectivity index (χ2n) is 5.50. The van der Waals surface area contributed by atoms with Gasteiger partial charge in [0.1, 0.15) is 15.4 Å². The highest BCUT2D eigenvalue weighted by molar-refractivity contribution is 7.17. The lowest BCUT2D eigenvalue weighted by molar-refractivity contribution is -0.125. The van der Waals surface area contributed by atoms with Gasteiger partial charge in [0.15, 0.2) is 6.61 Å². The fourth-order valence-electron chi connectivity index (χ4n) is 2.26. The van der Waals surface area contributed by atoms with Crippen molar-refractivity contribution in [3.63, 3.8) is 0 Å². The van der Waals surface area contributed by atoms with Gasteiger partial charge in [0.25, 0.3) is 5.91 Å². The molecule has 0 spiro atoms. The molecule has 0 saturated heterocycles. The first-order valence-electron chi connectivity index (χ1n) is 7.90. The SMILES string of the molecule is C#CC(CC)(CC)NC(=O)COC(=O)c1sc(-c2ccsc2)nc1C. The molecule has 7 heteroatoms. The summed E-state index contributed by atoms with van der Waals surface area (Å²) in [6.07, 6.45) is 6.73. The zero-order valence-corrected chi connectivity index (χ0v) is 16.1. The first kappa shape index (κ1) is 19.2. The maximum Gasteiger partial charge on any atom is 0.350 e. The van der Waals surface area contributed by atoms with Gasteiger partial charge in [-0.2, -0.15) is 11.3 Å². The lowest BCUT2D eigenvalue weighted by Crippen LogP contribution is -2.48. The summed E-state index contributed by atoms with van der Waals surface area (Å²) in [6.45, 7) is 5.19. The average molecular weight is 377 g/mol. The molecular weight excluding hydrogens is 356 g/mol. The number of aryl methyl sites for hydroxylation is 1. The minimum absolute atomic E-state index is 0.368. The highest BCUT2D eigenvalue weighted by atomic mass is 32.1. The normalized spacial score (nSPS) is 11.0. The number of hydrogen-bond donors (Lipinski definition) is 1. The molecule has 0 aromatic carbocycles. The van der Waals surface area contributed by atoms with E-state index in [1.807, 2.05) is 30.7 Å². The molecule has 0 aliphatic heterocycles. The maximum absolute atomic E-state index is 12.3. The van der Waals surface area contributed by atoms with Gasteiger partial charge in [0, 0.05) is 10.9 Å². The number of nitrogens with zero attached hydrogens (tertiary/aromatic N) is 1. The molecule has 2 aromatic heterocycles. The zero-order valence-electron chi connectivity index (χ0n) is 14.4. The average Bonchev–Trinajstić information content (AvgIpc) is 3.27. The number of amides is 1. The van der Waals surface area contributed by atoms with E-state index in [-0.39, 0.29) is 6.61 Å². The fourth-order valence-corrected chi connectivity index (χ4v) is 3.93. The topological polar surface area (TPSA) is 68.3 Å². The third-order valence-corrected chi connectivity index (χ3v) is 5.82. The van der Waals surface area contributed by atoms with Crippen molar-refractivity contribution in [1.82, 2.24) is 10.3 Å². The van der Waals surface area contributed by atoms with Gasteiger partial charge in [-0.1, -0.05) is 19.8 Å². The number of nitrogens with one attached hydrogen (secondary N) is 1. The maximum atomic E-state index is 12.3. The molecule has 132 valence electrons. The van der Waals surface area contributed by atoms with Gasteiger partial charge in [-0.3, -0.25) is 4.79 Å². The highest BCUT2D eigenvalue weighted by Gasteiger charge is 2.26. The third-order valence-electron chi connectivity index (χ3n) is 3.95. The van der Waals surface area contributed by atoms with Crippen molar-refractivity contribution in [3.05, 3.63) is 27.4 Å². The molecule has 2 rings (SSSR count). The number of aromatic nitrogens is 1. The number of carbonyl (C=O) groups excluding carboxylic acids is 2. The van der Waals surface area contributed by atoms with Crippen LogP contribution in [-0.2, 0) is 9.53 Å². The molecule has 0 fully saturated rings. The molecule has 1 N–H and O–H groups in total. The van der Waals surface area contributed by atoms with Crippen LogP contribution in [0.2, 0.25) is 0 Å². The predicted molar refractivity (Wildman–Crippen MR) is 101 cm³/mol. The molecule has 0 aliphatic carbocycles. The summed E-state index contributed by atoms with van der Waals surface area (Å²) in [5.41, 5.74) is 0.868. The van der Waals surface area contributed by atoms with Crippen LogP contribution < -0.4 is 5.32 Å². The van der Waals surface area contributed by atoms with Gasteiger partial charge < -0.3 is 10.1 Å². The predicted octanol–water partition coefficient (Wildman–Crippen LogP) is 3.65. The Morgan fingerprint density at radius 3 is 2.68 bits per heavy atom. The molecule has 0 aliphatic rings. The van der Waals surface area contributed by atoms with Crippen molar-refractivity contribution < 1.29 is 14.3 Å². The molecule has 0 unspecified atom stereocenters. The molecule has 25 heavy (non-hydrogen) atoms. The molecule has 2 aromatic rings. The minimum atomic E-state index is -0.698. The number of terminal acetylenes is 1. The Bertz CT molecular complexity index is 784. The largest absolute Gasteiger partial charge is 0.451 e. The van der Waals surface area contributed by atoms with Crippen LogP contribution in [-0.4, -0.2) is 29.0 Å². The van der Waals surface area contributed by atoms with E-state index in [1.54, 1.807) is 18.3 Å². The Balaban J connectivity index is 1.99. The van der Waals surface area contributed by atoms with Crippen molar-refractivity contribution in [3.8, 4) is 22.9 Å². The molecule has 0 bridgehead atoms. The summed E-state index contributed by atoms with van der Waals surface area (Å²) < 4.78 is 5.13. The summed E-state index contributed by atoms with van der Waals surface area (Å²) in [4.78, 5) is 29.1. The third kappa shape index (κ3) is 4.47. The first-order chi connectivity index (χ1) is 11.9. The molecule has 1 amide bonds. The molecule has 0 atom stereocenters. The second-order valence-corrected chi connectivity index (χ2v) is 7.28. The van der Waals surface area contributed by atoms with Crippen molar-refractivity contribution >= 4 is 34.6 Å². The Labute approximate surface area is 155 Å². The van der Waals surface area contributed by atoms with Crippen LogP contribution in [0.15, 0.2) is 16.8 Å². The quantitative estimate of drug-likeness (QED) is 0.592. The molecule has 0 radical (unpaired) electrons. The van der Waals surface area contributed by atoms with Crippen LogP contribution in [0.1, 0.15) is 42.1 Å². The summed E-state index contributed by atoms with van der Waals surface area (Å²) in [7, 11) is 0. The standard InChI is InChI=1S/C18H20N2O3S2/c1-5-18(6-2,7-3)20-14(21)10-23-17(22)15-12(4)19-16(25-15)13-8-9-24-11-13/h1,8-9,11H,6-7,10H2,2-4H3,(H,20,21). The van der Waals surface area contributed by atoms with Gasteiger partial charge in [0.05, 0.1) is 5.69 Å². The molecule has 2 heterocycles. The van der Waals surface area contributed by atoms with Gasteiger partial charge in [-0.05, 0) is 31.2 Å². The van der Waals surface area contributed by atoms with Crippen LogP contribution in [0.3, 0.4) is 0 Å². The monoisotopic (exact) mass is 376 g/mol. The van der Waals surface area contributed by atoms with Crippen LogP contribution in [0, 0.1) is 19.3 Å². The lowest BCUT2D eigenvalue weighted by Gasteiger charge is -2.26. The summed E-state index contributed by atoms with van der Waals surface area (Å²) in [5.74, 6) is 1.66. The second kappa shape index (κ2) is 8.28. The molecule has 5 nitrogen and oxygen atoms in total. The Kier molecular flexibility index (Phi) is 6.34. The number of thiazole rings is 1. The fraction of sp³-hybridized carbons (Fsp3) is 0.389. The summed E-state index contributed by atoms with van der Waals surface area (Å²) in [5, 5.41) is 7.45. The minimum Gasteiger partial charge on any atom is -0.451 e. The Morgan fingerprint density at radius 2 is 2.12 bits per heavy atom. The van der Waals surface area contributed by atoms with E-state index in [0.29, 0.717) is 23.4 Å². The van der Waals surface area contributed by atoms with E-state index in [4.69, 9.17) is 11.2 Å². The van der Waals surface area contributed by atoms with E-state index in [9.17, 15) is 9.59 Å². The number of esters is 1. The van der Waals surface area contributed by atoms with Gasteiger partial charge >= 0.3 is 5.97 Å². The number of rotatable bonds is 7. The Hall–Kier alpha value is -2.17. The number of carbonyl (C=O) groups is 2. The van der Waals surface area contributed by atoms with Crippen molar-refractivity contribution in [2.24, 2.45) is 0 Å².